The van der Waals surface area contributed by atoms with Gasteiger partial charge >= 0.3 is 0 Å². The lowest BCUT2D eigenvalue weighted by molar-refractivity contribution is 0.535. The highest BCUT2D eigenvalue weighted by atomic mass is 32.2. The molecule has 0 aromatic heterocycles. The fourth-order valence-corrected chi connectivity index (χ4v) is 1.63. The molecule has 0 saturated carbocycles. The van der Waals surface area contributed by atoms with E-state index >= 15 is 0 Å². The van der Waals surface area contributed by atoms with Crippen LogP contribution >= 0.6 is 0 Å². The minimum absolute atomic E-state index is 0.283. The third kappa shape index (κ3) is 3.83. The molecule has 0 bridgehead atoms. The van der Waals surface area contributed by atoms with Gasteiger partial charge in [-0.25, -0.2) is 0 Å². The monoisotopic (exact) mass is 185 g/mol. The van der Waals surface area contributed by atoms with Gasteiger partial charge in [-0.05, 0) is 25.7 Å². The Morgan fingerprint density at radius 2 is 2.33 bits per heavy atom. The van der Waals surface area contributed by atoms with E-state index in [-0.39, 0.29) is 5.75 Å². The summed E-state index contributed by atoms with van der Waals surface area (Å²) in [5.74, 6) is 0.283. The molecule has 3 heteroatoms. The van der Waals surface area contributed by atoms with Gasteiger partial charge < -0.3 is 4.55 Å². The number of rotatable bonds is 4. The Hall–Kier alpha value is -0.410. The molecule has 1 atom stereocenters. The first-order chi connectivity index (χ1) is 5.79. The average molecular weight is 185 g/mol. The van der Waals surface area contributed by atoms with Gasteiger partial charge in [0, 0.05) is 5.75 Å². The average Bonchev–Trinajstić information content (AvgIpc) is 2.05. The highest BCUT2D eigenvalue weighted by molar-refractivity contribution is 7.79. The van der Waals surface area contributed by atoms with Gasteiger partial charge in [-0.15, -0.1) is 0 Å². The summed E-state index contributed by atoms with van der Waals surface area (Å²) in [6, 6.07) is 0. The normalized spacial score (nSPS) is 18.9. The molecule has 0 heterocycles. The molecule has 68 valence electrons. The van der Waals surface area contributed by atoms with Crippen LogP contribution < -0.4 is 0 Å². The largest absolute Gasteiger partial charge is 0.772 e. The quantitative estimate of drug-likeness (QED) is 0.628. The molecule has 1 aliphatic rings. The molecule has 12 heavy (non-hydrogen) atoms. The molecular weight excluding hydrogens is 172 g/mol. The van der Waals surface area contributed by atoms with E-state index in [1.807, 2.05) is 0 Å². The maximum Gasteiger partial charge on any atom is 0.0105 e. The van der Waals surface area contributed by atoms with Crippen LogP contribution in [0.25, 0.3) is 0 Å². The first-order valence-corrected chi connectivity index (χ1v) is 5.45. The molecule has 1 unspecified atom stereocenters. The van der Waals surface area contributed by atoms with E-state index in [1.54, 1.807) is 0 Å². The zero-order chi connectivity index (χ0) is 8.81. The SMILES string of the molecule is O=S([O-])CCCC1=CCCC=C1. The van der Waals surface area contributed by atoms with Crippen LogP contribution in [0.4, 0.5) is 0 Å². The van der Waals surface area contributed by atoms with Gasteiger partial charge in [-0.2, -0.15) is 0 Å². The van der Waals surface area contributed by atoms with Crippen molar-refractivity contribution in [1.29, 1.82) is 0 Å². The van der Waals surface area contributed by atoms with Crippen molar-refractivity contribution in [3.8, 4) is 0 Å². The molecule has 0 spiro atoms. The smallest absolute Gasteiger partial charge is 0.0105 e. The first-order valence-electron chi connectivity index (χ1n) is 4.20. The Morgan fingerprint density at radius 3 is 2.92 bits per heavy atom. The standard InChI is InChI=1S/C9H14O2S/c10-12(11)8-4-7-9-5-2-1-3-6-9/h2,5-6H,1,3-4,7-8H2,(H,10,11)/p-1. The molecule has 1 aliphatic carbocycles. The van der Waals surface area contributed by atoms with E-state index < -0.39 is 11.1 Å². The lowest BCUT2D eigenvalue weighted by atomic mass is 10.0. The molecule has 0 N–H and O–H groups in total. The molecule has 0 radical (unpaired) electrons. The first kappa shape index (κ1) is 9.68. The summed E-state index contributed by atoms with van der Waals surface area (Å²) in [6.07, 6.45) is 10.3. The number of hydrogen-bond acceptors (Lipinski definition) is 2. The molecule has 0 aromatic carbocycles. The van der Waals surface area contributed by atoms with Crippen LogP contribution in [0.3, 0.4) is 0 Å². The second-order valence-electron chi connectivity index (χ2n) is 2.87. The zero-order valence-corrected chi connectivity index (χ0v) is 7.81. The Kier molecular flexibility index (Phi) is 4.25. The van der Waals surface area contributed by atoms with Gasteiger partial charge in [-0.1, -0.05) is 34.9 Å². The molecule has 0 fully saturated rings. The van der Waals surface area contributed by atoms with Crippen molar-refractivity contribution < 1.29 is 8.76 Å². The van der Waals surface area contributed by atoms with Crippen molar-refractivity contribution in [3.63, 3.8) is 0 Å². The second kappa shape index (κ2) is 5.27. The van der Waals surface area contributed by atoms with Gasteiger partial charge in [0.1, 0.15) is 0 Å². The maximum atomic E-state index is 10.2. The van der Waals surface area contributed by atoms with Crippen LogP contribution in [0.15, 0.2) is 23.8 Å². The lowest BCUT2D eigenvalue weighted by Crippen LogP contribution is -1.96. The second-order valence-corrected chi connectivity index (χ2v) is 3.89. The van der Waals surface area contributed by atoms with E-state index in [1.165, 1.54) is 5.57 Å². The van der Waals surface area contributed by atoms with Crippen LogP contribution in [0.5, 0.6) is 0 Å². The molecule has 0 aromatic rings. The molecule has 0 amide bonds. The topological polar surface area (TPSA) is 40.1 Å². The Labute approximate surface area is 75.7 Å². The van der Waals surface area contributed by atoms with Crippen molar-refractivity contribution in [2.24, 2.45) is 0 Å². The van der Waals surface area contributed by atoms with Crippen LogP contribution in [0, 0.1) is 0 Å². The summed E-state index contributed by atoms with van der Waals surface area (Å²) in [5, 5.41) is 0. The summed E-state index contributed by atoms with van der Waals surface area (Å²) in [7, 11) is 0. The predicted molar refractivity (Wildman–Crippen MR) is 49.5 cm³/mol. The van der Waals surface area contributed by atoms with Crippen molar-refractivity contribution in [1.82, 2.24) is 0 Å². The van der Waals surface area contributed by atoms with Gasteiger partial charge in [0.25, 0.3) is 0 Å². The van der Waals surface area contributed by atoms with E-state index in [4.69, 9.17) is 0 Å². The summed E-state index contributed by atoms with van der Waals surface area (Å²) in [5.41, 5.74) is 1.28. The van der Waals surface area contributed by atoms with Crippen molar-refractivity contribution in [3.05, 3.63) is 23.8 Å². The minimum atomic E-state index is -1.87. The highest BCUT2D eigenvalue weighted by Gasteiger charge is 1.96. The zero-order valence-electron chi connectivity index (χ0n) is 6.99. The van der Waals surface area contributed by atoms with Crippen molar-refractivity contribution in [2.75, 3.05) is 5.75 Å². The van der Waals surface area contributed by atoms with Crippen LogP contribution in [0.1, 0.15) is 25.7 Å². The third-order valence-electron chi connectivity index (χ3n) is 1.85. The molecule has 1 rings (SSSR count). The van der Waals surface area contributed by atoms with Crippen molar-refractivity contribution >= 4 is 11.1 Å². The Bertz CT molecular complexity index is 219. The van der Waals surface area contributed by atoms with Gasteiger partial charge in [0.15, 0.2) is 0 Å². The van der Waals surface area contributed by atoms with Gasteiger partial charge in [0.2, 0.25) is 0 Å². The summed E-state index contributed by atoms with van der Waals surface area (Å²) >= 11 is -1.87. The fraction of sp³-hybridized carbons (Fsp3) is 0.556. The van der Waals surface area contributed by atoms with E-state index in [0.717, 1.165) is 25.7 Å². The minimum Gasteiger partial charge on any atom is -0.772 e. The van der Waals surface area contributed by atoms with E-state index in [0.29, 0.717) is 0 Å². The molecule has 0 saturated heterocycles. The summed E-state index contributed by atoms with van der Waals surface area (Å²) in [4.78, 5) is 0. The Balaban J connectivity index is 2.18. The van der Waals surface area contributed by atoms with Gasteiger partial charge in [-0.3, -0.25) is 4.21 Å². The van der Waals surface area contributed by atoms with E-state index in [9.17, 15) is 8.76 Å². The third-order valence-corrected chi connectivity index (χ3v) is 2.47. The number of allylic oxidation sites excluding steroid dienone is 4. The van der Waals surface area contributed by atoms with Crippen LogP contribution in [0.2, 0.25) is 0 Å². The Morgan fingerprint density at radius 1 is 1.50 bits per heavy atom. The van der Waals surface area contributed by atoms with Crippen LogP contribution in [-0.2, 0) is 11.1 Å². The molecule has 0 aliphatic heterocycles. The molecular formula is C9H13O2S-. The lowest BCUT2D eigenvalue weighted by Gasteiger charge is -2.07. The maximum absolute atomic E-state index is 10.2. The van der Waals surface area contributed by atoms with Crippen molar-refractivity contribution in [2.45, 2.75) is 25.7 Å². The summed E-state index contributed by atoms with van der Waals surface area (Å²) in [6.45, 7) is 0. The summed E-state index contributed by atoms with van der Waals surface area (Å²) < 4.78 is 20.4. The predicted octanol–water partition coefficient (Wildman–Crippen LogP) is 1.92. The van der Waals surface area contributed by atoms with Crippen LogP contribution in [-0.4, -0.2) is 14.5 Å². The van der Waals surface area contributed by atoms with E-state index in [2.05, 4.69) is 18.2 Å². The fourth-order valence-electron chi connectivity index (χ4n) is 1.25. The molecule has 2 nitrogen and oxygen atoms in total. The number of hydrogen-bond donors (Lipinski definition) is 0. The highest BCUT2D eigenvalue weighted by Crippen LogP contribution is 2.14. The van der Waals surface area contributed by atoms with Gasteiger partial charge in [0.05, 0.1) is 0 Å².